The van der Waals surface area contributed by atoms with Crippen LogP contribution in [0, 0.1) is 0 Å². The summed E-state index contributed by atoms with van der Waals surface area (Å²) in [6.45, 7) is 0. The van der Waals surface area contributed by atoms with Crippen LogP contribution >= 0.6 is 11.3 Å². The van der Waals surface area contributed by atoms with Crippen molar-refractivity contribution in [2.75, 3.05) is 0 Å². The Morgan fingerprint density at radius 3 is 1.37 bits per heavy atom. The second kappa shape index (κ2) is 12.7. The van der Waals surface area contributed by atoms with Crippen molar-refractivity contribution in [2.45, 2.75) is 0 Å². The van der Waals surface area contributed by atoms with Crippen LogP contribution in [0.5, 0.6) is 0 Å². The highest BCUT2D eigenvalue weighted by Crippen LogP contribution is 2.42. The topological polar surface area (TPSA) is 13.1 Å². The summed E-state index contributed by atoms with van der Waals surface area (Å²) in [5.41, 5.74) is 11.4. The van der Waals surface area contributed by atoms with Gasteiger partial charge < -0.3 is 4.42 Å². The Morgan fingerprint density at radius 2 is 0.769 bits per heavy atom. The summed E-state index contributed by atoms with van der Waals surface area (Å²) in [7, 11) is 0. The molecular weight excluding hydrogens is 649 g/mol. The van der Waals surface area contributed by atoms with Crippen molar-refractivity contribution in [3.8, 4) is 22.3 Å². The van der Waals surface area contributed by atoms with E-state index in [0.717, 1.165) is 32.9 Å². The predicted octanol–water partition coefficient (Wildman–Crippen LogP) is 14.8. The Hall–Kier alpha value is -6.48. The van der Waals surface area contributed by atoms with Crippen LogP contribution in [0.3, 0.4) is 0 Å². The molecule has 52 heavy (non-hydrogen) atoms. The second-order valence-corrected chi connectivity index (χ2v) is 14.4. The fraction of sp³-hybridized carbons (Fsp3) is 0. The van der Waals surface area contributed by atoms with E-state index in [1.807, 2.05) is 17.4 Å². The summed E-state index contributed by atoms with van der Waals surface area (Å²) in [5, 5.41) is 7.27. The summed E-state index contributed by atoms with van der Waals surface area (Å²) in [6.07, 6.45) is 8.73. The van der Waals surface area contributed by atoms with Gasteiger partial charge in [0.05, 0.1) is 0 Å². The van der Waals surface area contributed by atoms with E-state index in [2.05, 4.69) is 188 Å². The van der Waals surface area contributed by atoms with Gasteiger partial charge in [-0.15, -0.1) is 11.3 Å². The number of fused-ring (bicyclic) bond motifs is 9. The van der Waals surface area contributed by atoms with E-state index >= 15 is 0 Å². The molecule has 0 bridgehead atoms. The average Bonchev–Trinajstić information content (AvgIpc) is 3.78. The lowest BCUT2D eigenvalue weighted by atomic mass is 10.0. The molecule has 0 saturated carbocycles. The molecule has 0 aliphatic heterocycles. The standard InChI is InChI=1S/C50H32OS/c1-3-7-37(8-4-1)39-21-15-33(16-22-39)11-13-35-19-25-41-43-27-30-46-44(49(43)51-47(41)31-35)28-29-45-42-26-20-36(32-48(42)52-50(45)46)14-12-34-17-23-40(24-18-34)38-9-5-2-6-10-38/h1-32H/b13-11+,14-12+. The molecule has 0 unspecified atom stereocenters. The quantitative estimate of drug-likeness (QED) is 0.159. The molecule has 8 aromatic carbocycles. The summed E-state index contributed by atoms with van der Waals surface area (Å²) < 4.78 is 9.23. The van der Waals surface area contributed by atoms with Crippen LogP contribution in [0.2, 0.25) is 0 Å². The van der Waals surface area contributed by atoms with Crippen LogP contribution in [-0.2, 0) is 0 Å². The number of hydrogen-bond acceptors (Lipinski definition) is 2. The molecule has 10 aromatic rings. The van der Waals surface area contributed by atoms with E-state index in [1.165, 1.54) is 64.5 Å². The van der Waals surface area contributed by atoms with Gasteiger partial charge in [-0.1, -0.05) is 164 Å². The van der Waals surface area contributed by atoms with Crippen molar-refractivity contribution in [1.82, 2.24) is 0 Å². The Bertz CT molecular complexity index is 2750. The van der Waals surface area contributed by atoms with E-state index in [-0.39, 0.29) is 0 Å². The molecule has 0 aliphatic rings. The Morgan fingerprint density at radius 1 is 0.346 bits per heavy atom. The molecule has 10 rings (SSSR count). The van der Waals surface area contributed by atoms with Crippen molar-refractivity contribution < 1.29 is 4.42 Å². The lowest BCUT2D eigenvalue weighted by Crippen LogP contribution is -1.78. The third kappa shape index (κ3) is 5.51. The molecule has 2 aromatic heterocycles. The maximum Gasteiger partial charge on any atom is 0.143 e. The summed E-state index contributed by atoms with van der Waals surface area (Å²) >= 11 is 1.86. The molecule has 1 nitrogen and oxygen atoms in total. The van der Waals surface area contributed by atoms with Gasteiger partial charge in [0.25, 0.3) is 0 Å². The van der Waals surface area contributed by atoms with E-state index in [1.54, 1.807) is 0 Å². The van der Waals surface area contributed by atoms with Crippen molar-refractivity contribution >= 4 is 88.5 Å². The largest absolute Gasteiger partial charge is 0.455 e. The first-order chi connectivity index (χ1) is 25.7. The minimum Gasteiger partial charge on any atom is -0.455 e. The number of benzene rings is 8. The van der Waals surface area contributed by atoms with Crippen LogP contribution in [0.1, 0.15) is 22.3 Å². The van der Waals surface area contributed by atoms with Gasteiger partial charge >= 0.3 is 0 Å². The predicted molar refractivity (Wildman–Crippen MR) is 226 cm³/mol. The molecule has 0 fully saturated rings. The smallest absolute Gasteiger partial charge is 0.143 e. The lowest BCUT2D eigenvalue weighted by Gasteiger charge is -2.02. The van der Waals surface area contributed by atoms with Gasteiger partial charge in [0.15, 0.2) is 0 Å². The molecule has 0 saturated heterocycles. The molecule has 0 aliphatic carbocycles. The van der Waals surface area contributed by atoms with Gasteiger partial charge in [-0.3, -0.25) is 0 Å². The summed E-state index contributed by atoms with van der Waals surface area (Å²) in [5.74, 6) is 0. The molecular formula is C50H32OS. The van der Waals surface area contributed by atoms with E-state index in [0.29, 0.717) is 0 Å². The maximum atomic E-state index is 6.63. The third-order valence-corrected chi connectivity index (χ3v) is 11.3. The molecule has 0 N–H and O–H groups in total. The molecule has 0 atom stereocenters. The normalized spacial score (nSPS) is 12.1. The Labute approximate surface area is 306 Å². The Kier molecular flexibility index (Phi) is 7.41. The fourth-order valence-corrected chi connectivity index (χ4v) is 8.61. The number of thiophene rings is 1. The van der Waals surface area contributed by atoms with Gasteiger partial charge in [-0.25, -0.2) is 0 Å². The first kappa shape index (κ1) is 30.4. The number of hydrogen-bond donors (Lipinski definition) is 0. The highest BCUT2D eigenvalue weighted by molar-refractivity contribution is 7.26. The lowest BCUT2D eigenvalue weighted by molar-refractivity contribution is 0.672. The number of furan rings is 1. The highest BCUT2D eigenvalue weighted by Gasteiger charge is 2.15. The Balaban J connectivity index is 0.941. The van der Waals surface area contributed by atoms with Gasteiger partial charge in [-0.2, -0.15) is 0 Å². The number of rotatable bonds is 6. The highest BCUT2D eigenvalue weighted by atomic mass is 32.1. The van der Waals surface area contributed by atoms with Crippen LogP contribution in [-0.4, -0.2) is 0 Å². The van der Waals surface area contributed by atoms with Crippen molar-refractivity contribution in [2.24, 2.45) is 0 Å². The van der Waals surface area contributed by atoms with Gasteiger partial charge in [-0.05, 0) is 74.8 Å². The minimum absolute atomic E-state index is 0.909. The molecule has 244 valence electrons. The van der Waals surface area contributed by atoms with Gasteiger partial charge in [0.1, 0.15) is 11.2 Å². The third-order valence-electron chi connectivity index (χ3n) is 10.1. The van der Waals surface area contributed by atoms with E-state index in [4.69, 9.17) is 4.42 Å². The van der Waals surface area contributed by atoms with Crippen LogP contribution < -0.4 is 0 Å². The van der Waals surface area contributed by atoms with Crippen LogP contribution in [0.25, 0.3) is 99.4 Å². The molecule has 0 radical (unpaired) electrons. The van der Waals surface area contributed by atoms with Gasteiger partial charge in [0.2, 0.25) is 0 Å². The minimum atomic E-state index is 0.909. The van der Waals surface area contributed by atoms with Crippen molar-refractivity contribution in [3.63, 3.8) is 0 Å². The van der Waals surface area contributed by atoms with Crippen molar-refractivity contribution in [3.05, 3.63) is 192 Å². The monoisotopic (exact) mass is 680 g/mol. The first-order valence-corrected chi connectivity index (χ1v) is 18.5. The zero-order chi connectivity index (χ0) is 34.4. The zero-order valence-electron chi connectivity index (χ0n) is 28.3. The van der Waals surface area contributed by atoms with E-state index in [9.17, 15) is 0 Å². The maximum absolute atomic E-state index is 6.63. The summed E-state index contributed by atoms with van der Waals surface area (Å²) in [6, 6.07) is 60.8. The SMILES string of the molecule is C(=C\c1ccc2c(c1)oc1c2ccc2c1ccc1c3ccc(/C=C/c4ccc(-c5ccccc5)cc4)cc3sc12)/c1ccc(-c2ccccc2)cc1. The van der Waals surface area contributed by atoms with E-state index < -0.39 is 0 Å². The van der Waals surface area contributed by atoms with Crippen LogP contribution in [0.15, 0.2) is 174 Å². The molecule has 0 spiro atoms. The first-order valence-electron chi connectivity index (χ1n) is 17.6. The second-order valence-electron chi connectivity index (χ2n) is 13.3. The molecule has 2 heterocycles. The molecule has 0 amide bonds. The zero-order valence-corrected chi connectivity index (χ0v) is 29.1. The molecule has 2 heteroatoms. The summed E-state index contributed by atoms with van der Waals surface area (Å²) in [4.78, 5) is 0. The average molecular weight is 681 g/mol. The van der Waals surface area contributed by atoms with Crippen LogP contribution in [0.4, 0.5) is 0 Å². The fourth-order valence-electron chi connectivity index (χ4n) is 7.33. The van der Waals surface area contributed by atoms with Gasteiger partial charge in [0, 0.05) is 41.7 Å². The van der Waals surface area contributed by atoms with Crippen molar-refractivity contribution in [1.29, 1.82) is 0 Å².